The summed E-state index contributed by atoms with van der Waals surface area (Å²) >= 11 is 5.54. The van der Waals surface area contributed by atoms with E-state index in [0.717, 1.165) is 35.2 Å². The van der Waals surface area contributed by atoms with Gasteiger partial charge in [-0.25, -0.2) is 0 Å². The van der Waals surface area contributed by atoms with Gasteiger partial charge in [0, 0.05) is 6.42 Å². The van der Waals surface area contributed by atoms with Gasteiger partial charge in [0.1, 0.15) is 5.75 Å². The van der Waals surface area contributed by atoms with Gasteiger partial charge in [0.05, 0.1) is 17.3 Å². The molecule has 0 aliphatic heterocycles. The van der Waals surface area contributed by atoms with Crippen molar-refractivity contribution in [3.8, 4) is 5.75 Å². The monoisotopic (exact) mass is 547 g/mol. The molecule has 0 aliphatic carbocycles. The van der Waals surface area contributed by atoms with Crippen molar-refractivity contribution in [2.45, 2.75) is 149 Å². The summed E-state index contributed by atoms with van der Waals surface area (Å²) < 4.78 is 5.75. The number of ether oxygens (including phenoxy) is 1. The SMILES string of the molecule is CC(C)CCCCCCCCCCCCCCCCCCCC(=S)Nc1ccccc1OCCCC(=O)O. The highest BCUT2D eigenvalue weighted by Crippen LogP contribution is 2.25. The molecule has 0 fully saturated rings. The van der Waals surface area contributed by atoms with Gasteiger partial charge in [-0.1, -0.05) is 147 Å². The summed E-state index contributed by atoms with van der Waals surface area (Å²) in [6, 6.07) is 7.71. The zero-order valence-corrected chi connectivity index (χ0v) is 25.4. The van der Waals surface area contributed by atoms with Crippen LogP contribution in [0.1, 0.15) is 149 Å². The molecule has 0 bridgehead atoms. The van der Waals surface area contributed by atoms with Gasteiger partial charge < -0.3 is 15.2 Å². The van der Waals surface area contributed by atoms with E-state index >= 15 is 0 Å². The van der Waals surface area contributed by atoms with Crippen molar-refractivity contribution in [3.63, 3.8) is 0 Å². The molecule has 1 rings (SSSR count). The van der Waals surface area contributed by atoms with Gasteiger partial charge in [0.25, 0.3) is 0 Å². The van der Waals surface area contributed by atoms with Gasteiger partial charge >= 0.3 is 5.97 Å². The Balaban J connectivity index is 1.90. The Morgan fingerprint density at radius 3 is 1.71 bits per heavy atom. The lowest BCUT2D eigenvalue weighted by molar-refractivity contribution is -0.137. The average Bonchev–Trinajstić information content (AvgIpc) is 2.88. The van der Waals surface area contributed by atoms with Crippen molar-refractivity contribution >= 4 is 28.9 Å². The van der Waals surface area contributed by atoms with Crippen LogP contribution in [0.25, 0.3) is 0 Å². The lowest BCUT2D eigenvalue weighted by Crippen LogP contribution is -2.10. The van der Waals surface area contributed by atoms with Gasteiger partial charge in [0.15, 0.2) is 0 Å². The summed E-state index contributed by atoms with van der Waals surface area (Å²) in [5.74, 6) is 0.801. The molecule has 0 atom stereocenters. The summed E-state index contributed by atoms with van der Waals surface area (Å²) in [5.41, 5.74) is 0.861. The van der Waals surface area contributed by atoms with E-state index in [1.54, 1.807) is 0 Å². The molecular weight excluding hydrogens is 490 g/mol. The van der Waals surface area contributed by atoms with Crippen LogP contribution in [0, 0.1) is 5.92 Å². The number of para-hydroxylation sites is 2. The van der Waals surface area contributed by atoms with Gasteiger partial charge in [-0.15, -0.1) is 0 Å². The number of unbranched alkanes of at least 4 members (excludes halogenated alkanes) is 16. The number of carboxylic acids is 1. The van der Waals surface area contributed by atoms with Crippen molar-refractivity contribution in [3.05, 3.63) is 24.3 Å². The van der Waals surface area contributed by atoms with Crippen LogP contribution >= 0.6 is 12.2 Å². The minimum Gasteiger partial charge on any atom is -0.491 e. The molecule has 1 aromatic rings. The molecule has 0 aromatic heterocycles. The smallest absolute Gasteiger partial charge is 0.303 e. The van der Waals surface area contributed by atoms with Gasteiger partial charge in [-0.05, 0) is 37.3 Å². The maximum atomic E-state index is 10.7. The summed E-state index contributed by atoms with van der Waals surface area (Å²) in [6.45, 7) is 5.04. The minimum absolute atomic E-state index is 0.118. The summed E-state index contributed by atoms with van der Waals surface area (Å²) in [5, 5.41) is 12.1. The van der Waals surface area contributed by atoms with Crippen LogP contribution in [-0.2, 0) is 4.79 Å². The second-order valence-corrected chi connectivity index (χ2v) is 11.8. The highest BCUT2D eigenvalue weighted by Gasteiger charge is 2.06. The van der Waals surface area contributed by atoms with E-state index in [-0.39, 0.29) is 6.42 Å². The number of rotatable bonds is 26. The molecule has 0 heterocycles. The predicted molar refractivity (Wildman–Crippen MR) is 168 cm³/mol. The first-order chi connectivity index (χ1) is 18.5. The Labute approximate surface area is 239 Å². The van der Waals surface area contributed by atoms with E-state index in [0.29, 0.717) is 13.0 Å². The second-order valence-electron chi connectivity index (χ2n) is 11.3. The van der Waals surface area contributed by atoms with Gasteiger partial charge in [-0.3, -0.25) is 4.79 Å². The molecule has 0 radical (unpaired) electrons. The lowest BCUT2D eigenvalue weighted by Gasteiger charge is -2.13. The summed E-state index contributed by atoms with van der Waals surface area (Å²) in [7, 11) is 0. The number of aliphatic carboxylic acids is 1. The molecule has 0 spiro atoms. The van der Waals surface area contributed by atoms with Crippen LogP contribution in [0.3, 0.4) is 0 Å². The molecule has 0 unspecified atom stereocenters. The Morgan fingerprint density at radius 1 is 0.737 bits per heavy atom. The van der Waals surface area contributed by atoms with Crippen molar-refractivity contribution < 1.29 is 14.6 Å². The quantitative estimate of drug-likeness (QED) is 0.0892. The van der Waals surface area contributed by atoms with Crippen LogP contribution in [-0.4, -0.2) is 22.7 Å². The number of carbonyl (C=O) groups is 1. The molecule has 0 saturated heterocycles. The third kappa shape index (κ3) is 21.3. The van der Waals surface area contributed by atoms with E-state index in [2.05, 4.69) is 19.2 Å². The minimum atomic E-state index is -0.796. The fraction of sp³-hybridized carbons (Fsp3) is 0.758. The number of anilines is 1. The molecular formula is C33H57NO3S. The maximum Gasteiger partial charge on any atom is 0.303 e. The van der Waals surface area contributed by atoms with E-state index < -0.39 is 5.97 Å². The van der Waals surface area contributed by atoms with Crippen LogP contribution < -0.4 is 10.1 Å². The number of carboxylic acid groups (broad SMARTS) is 1. The number of benzene rings is 1. The normalized spacial score (nSPS) is 11.1. The first-order valence-electron chi connectivity index (χ1n) is 15.7. The largest absolute Gasteiger partial charge is 0.491 e. The molecule has 218 valence electrons. The average molecular weight is 548 g/mol. The van der Waals surface area contributed by atoms with Crippen LogP contribution in [0.5, 0.6) is 5.75 Å². The lowest BCUT2D eigenvalue weighted by atomic mass is 10.0. The van der Waals surface area contributed by atoms with Crippen molar-refractivity contribution in [1.29, 1.82) is 0 Å². The Hall–Kier alpha value is -1.62. The van der Waals surface area contributed by atoms with Crippen molar-refractivity contribution in [2.75, 3.05) is 11.9 Å². The summed E-state index contributed by atoms with van der Waals surface area (Å²) in [4.78, 5) is 11.5. The number of hydrogen-bond donors (Lipinski definition) is 2. The predicted octanol–water partition coefficient (Wildman–Crippen LogP) is 10.7. The topological polar surface area (TPSA) is 58.6 Å². The van der Waals surface area contributed by atoms with Crippen LogP contribution in [0.4, 0.5) is 5.69 Å². The van der Waals surface area contributed by atoms with E-state index in [1.807, 2.05) is 24.3 Å². The highest BCUT2D eigenvalue weighted by atomic mass is 32.1. The third-order valence-electron chi connectivity index (χ3n) is 7.14. The Morgan fingerprint density at radius 2 is 1.21 bits per heavy atom. The van der Waals surface area contributed by atoms with E-state index in [4.69, 9.17) is 22.1 Å². The Kier molecular flexibility index (Phi) is 22.1. The Bertz CT molecular complexity index is 722. The van der Waals surface area contributed by atoms with E-state index in [9.17, 15) is 4.79 Å². The fourth-order valence-electron chi connectivity index (χ4n) is 4.80. The van der Waals surface area contributed by atoms with Crippen molar-refractivity contribution in [2.24, 2.45) is 5.92 Å². The standard InChI is InChI=1S/C33H57NO3S/c1-29(2)23-18-16-14-12-10-8-6-4-3-5-7-9-11-13-15-17-19-26-32(38)34-30-24-20-21-25-31(30)37-28-22-27-33(35)36/h20-21,24-25,29H,3-19,22-23,26-28H2,1-2H3,(H,34,38)(H,35,36). The third-order valence-corrected chi connectivity index (χ3v) is 7.45. The zero-order valence-electron chi connectivity index (χ0n) is 24.6. The van der Waals surface area contributed by atoms with E-state index in [1.165, 1.54) is 109 Å². The highest BCUT2D eigenvalue weighted by molar-refractivity contribution is 7.80. The first-order valence-corrected chi connectivity index (χ1v) is 16.1. The molecule has 4 nitrogen and oxygen atoms in total. The number of thiocarbonyl (C=S) groups is 1. The molecule has 38 heavy (non-hydrogen) atoms. The van der Waals surface area contributed by atoms with Crippen LogP contribution in [0.2, 0.25) is 0 Å². The van der Waals surface area contributed by atoms with Gasteiger partial charge in [0.2, 0.25) is 0 Å². The van der Waals surface area contributed by atoms with Crippen LogP contribution in [0.15, 0.2) is 24.3 Å². The second kappa shape index (κ2) is 24.4. The number of nitrogens with one attached hydrogen (secondary N) is 1. The maximum absolute atomic E-state index is 10.7. The molecule has 2 N–H and O–H groups in total. The fourth-order valence-corrected chi connectivity index (χ4v) is 5.06. The molecule has 0 saturated carbocycles. The molecule has 0 amide bonds. The number of hydrogen-bond acceptors (Lipinski definition) is 3. The molecule has 5 heteroatoms. The van der Waals surface area contributed by atoms with Gasteiger partial charge in [-0.2, -0.15) is 0 Å². The molecule has 0 aliphatic rings. The summed E-state index contributed by atoms with van der Waals surface area (Å²) in [6.07, 6.45) is 26.4. The molecule has 1 aromatic carbocycles. The first kappa shape index (κ1) is 34.4. The van der Waals surface area contributed by atoms with Crippen molar-refractivity contribution in [1.82, 2.24) is 0 Å². The zero-order chi connectivity index (χ0) is 27.7.